The third-order valence-corrected chi connectivity index (χ3v) is 4.87. The summed E-state index contributed by atoms with van der Waals surface area (Å²) < 4.78 is 16.9. The molecule has 0 aliphatic carbocycles. The molecule has 0 aromatic heterocycles. The van der Waals surface area contributed by atoms with Crippen molar-refractivity contribution in [2.75, 3.05) is 21.3 Å². The fraction of sp³-hybridized carbons (Fsp3) is 0.250. The van der Waals surface area contributed by atoms with Crippen LogP contribution in [-0.2, 0) is 0 Å². The first-order valence-corrected chi connectivity index (χ1v) is 8.01. The van der Waals surface area contributed by atoms with E-state index in [1.165, 1.54) is 0 Å². The molecule has 0 N–H and O–H groups in total. The molecule has 0 amide bonds. The Balaban J connectivity index is 2.42. The Hall–Kier alpha value is -1.20. The minimum absolute atomic E-state index is 0.00126. The number of methoxy groups -OCH3 is 3. The first-order valence-electron chi connectivity index (χ1n) is 6.30. The second kappa shape index (κ2) is 7.18. The summed E-state index contributed by atoms with van der Waals surface area (Å²) in [6.45, 7) is 0. The topological polar surface area (TPSA) is 27.7 Å². The maximum atomic E-state index is 5.47. The molecule has 3 nitrogen and oxygen atoms in total. The molecule has 2 rings (SSSR count). The van der Waals surface area contributed by atoms with Gasteiger partial charge in [-0.05, 0) is 23.8 Å². The van der Waals surface area contributed by atoms with Crippen molar-refractivity contribution in [3.63, 3.8) is 0 Å². The Kier molecular flexibility index (Phi) is 5.53. The Morgan fingerprint density at radius 3 is 1.90 bits per heavy atom. The van der Waals surface area contributed by atoms with Crippen LogP contribution in [0.5, 0.6) is 17.2 Å². The second-order valence-corrected chi connectivity index (χ2v) is 6.13. The van der Waals surface area contributed by atoms with Gasteiger partial charge in [0.2, 0.25) is 0 Å². The van der Waals surface area contributed by atoms with Gasteiger partial charge in [0.25, 0.3) is 0 Å². The van der Waals surface area contributed by atoms with Gasteiger partial charge in [-0.25, -0.2) is 0 Å². The number of rotatable bonds is 5. The van der Waals surface area contributed by atoms with Gasteiger partial charge >= 0.3 is 0 Å². The van der Waals surface area contributed by atoms with Gasteiger partial charge in [-0.3, -0.25) is 0 Å². The number of halogens is 2. The van der Waals surface area contributed by atoms with Crippen LogP contribution in [0.2, 0.25) is 0 Å². The van der Waals surface area contributed by atoms with Crippen molar-refractivity contribution in [3.8, 4) is 17.2 Å². The molecule has 21 heavy (non-hydrogen) atoms. The summed E-state index contributed by atoms with van der Waals surface area (Å²) in [6, 6.07) is 11.7. The molecular formula is C16H16Br2O3. The number of hydrogen-bond donors (Lipinski definition) is 0. The van der Waals surface area contributed by atoms with Gasteiger partial charge in [0.05, 0.1) is 26.2 Å². The Morgan fingerprint density at radius 1 is 0.810 bits per heavy atom. The average Bonchev–Trinajstić information content (AvgIpc) is 2.53. The van der Waals surface area contributed by atoms with Crippen LogP contribution in [0.4, 0.5) is 0 Å². The molecule has 2 aromatic rings. The fourth-order valence-corrected chi connectivity index (χ4v) is 3.71. The van der Waals surface area contributed by atoms with Gasteiger partial charge in [0.1, 0.15) is 17.2 Å². The van der Waals surface area contributed by atoms with Crippen LogP contribution in [0.1, 0.15) is 16.0 Å². The molecule has 112 valence electrons. The fourth-order valence-electron chi connectivity index (χ4n) is 2.04. The molecule has 0 spiro atoms. The predicted molar refractivity (Wildman–Crippen MR) is 91.0 cm³/mol. The van der Waals surface area contributed by atoms with E-state index in [1.807, 2.05) is 36.4 Å². The molecule has 1 unspecified atom stereocenters. The summed E-state index contributed by atoms with van der Waals surface area (Å²) >= 11 is 7.32. The Morgan fingerprint density at radius 2 is 1.38 bits per heavy atom. The van der Waals surface area contributed by atoms with Crippen molar-refractivity contribution in [2.45, 2.75) is 4.83 Å². The zero-order valence-electron chi connectivity index (χ0n) is 12.0. The lowest BCUT2D eigenvalue weighted by Gasteiger charge is -2.17. The van der Waals surface area contributed by atoms with Gasteiger partial charge in [-0.15, -0.1) is 0 Å². The minimum Gasteiger partial charge on any atom is -0.497 e. The minimum atomic E-state index is -0.00126. The molecule has 1 atom stereocenters. The number of benzene rings is 2. The van der Waals surface area contributed by atoms with Gasteiger partial charge in [0, 0.05) is 16.1 Å². The third kappa shape index (κ3) is 3.52. The van der Waals surface area contributed by atoms with E-state index >= 15 is 0 Å². The molecule has 5 heteroatoms. The number of ether oxygens (including phenoxy) is 3. The van der Waals surface area contributed by atoms with Crippen LogP contribution in [0.3, 0.4) is 0 Å². The van der Waals surface area contributed by atoms with Gasteiger partial charge in [0.15, 0.2) is 0 Å². The van der Waals surface area contributed by atoms with E-state index in [0.717, 1.165) is 32.8 Å². The lowest BCUT2D eigenvalue weighted by Crippen LogP contribution is -1.99. The van der Waals surface area contributed by atoms with Crippen molar-refractivity contribution in [1.82, 2.24) is 0 Å². The molecule has 0 saturated heterocycles. The average molecular weight is 416 g/mol. The lowest BCUT2D eigenvalue weighted by molar-refractivity contribution is 0.391. The highest BCUT2D eigenvalue weighted by Gasteiger charge is 2.18. The molecule has 0 aliphatic rings. The summed E-state index contributed by atoms with van der Waals surface area (Å²) in [4.78, 5) is -0.00126. The maximum Gasteiger partial charge on any atom is 0.127 e. The first kappa shape index (κ1) is 16.2. The van der Waals surface area contributed by atoms with Crippen LogP contribution in [0.25, 0.3) is 0 Å². The van der Waals surface area contributed by atoms with E-state index in [9.17, 15) is 0 Å². The second-order valence-electron chi connectivity index (χ2n) is 4.36. The summed E-state index contributed by atoms with van der Waals surface area (Å²) in [7, 11) is 4.95. The highest BCUT2D eigenvalue weighted by molar-refractivity contribution is 9.11. The van der Waals surface area contributed by atoms with E-state index in [1.54, 1.807) is 21.3 Å². The summed E-state index contributed by atoms with van der Waals surface area (Å²) in [5, 5.41) is 0. The van der Waals surface area contributed by atoms with Crippen molar-refractivity contribution in [3.05, 3.63) is 52.0 Å². The number of alkyl halides is 1. The lowest BCUT2D eigenvalue weighted by atomic mass is 10.0. The monoisotopic (exact) mass is 414 g/mol. The Labute approximate surface area is 141 Å². The molecule has 0 aliphatic heterocycles. The molecule has 2 aromatic carbocycles. The molecule has 0 heterocycles. The number of hydrogen-bond acceptors (Lipinski definition) is 3. The zero-order chi connectivity index (χ0) is 15.4. The normalized spacial score (nSPS) is 11.9. The summed E-state index contributed by atoms with van der Waals surface area (Å²) in [5.74, 6) is 2.36. The standard InChI is InChI=1S/C16H16Br2O3/c1-19-10-4-6-12(14(17)8-10)16(18)13-7-5-11(20-2)9-15(13)21-3/h4-9,16H,1-3H3. The van der Waals surface area contributed by atoms with Crippen molar-refractivity contribution in [2.24, 2.45) is 0 Å². The largest absolute Gasteiger partial charge is 0.497 e. The third-order valence-electron chi connectivity index (χ3n) is 3.19. The van der Waals surface area contributed by atoms with Crippen LogP contribution < -0.4 is 14.2 Å². The van der Waals surface area contributed by atoms with Crippen molar-refractivity contribution in [1.29, 1.82) is 0 Å². The van der Waals surface area contributed by atoms with Crippen LogP contribution in [-0.4, -0.2) is 21.3 Å². The van der Waals surface area contributed by atoms with Crippen LogP contribution in [0, 0.1) is 0 Å². The quantitative estimate of drug-likeness (QED) is 0.646. The first-order chi connectivity index (χ1) is 10.1. The molecular weight excluding hydrogens is 400 g/mol. The van der Waals surface area contributed by atoms with Gasteiger partial charge in [-0.2, -0.15) is 0 Å². The van der Waals surface area contributed by atoms with Gasteiger partial charge < -0.3 is 14.2 Å². The Bertz CT molecular complexity index is 629. The van der Waals surface area contributed by atoms with Crippen LogP contribution >= 0.6 is 31.9 Å². The van der Waals surface area contributed by atoms with E-state index in [4.69, 9.17) is 14.2 Å². The van der Waals surface area contributed by atoms with Crippen molar-refractivity contribution >= 4 is 31.9 Å². The van der Waals surface area contributed by atoms with Crippen LogP contribution in [0.15, 0.2) is 40.9 Å². The SMILES string of the molecule is COc1ccc(C(Br)c2ccc(OC)cc2OC)c(Br)c1. The highest BCUT2D eigenvalue weighted by Crippen LogP contribution is 2.41. The summed E-state index contributed by atoms with van der Waals surface area (Å²) in [6.07, 6.45) is 0. The van der Waals surface area contributed by atoms with E-state index in [2.05, 4.69) is 31.9 Å². The molecule has 0 saturated carbocycles. The van der Waals surface area contributed by atoms with E-state index < -0.39 is 0 Å². The maximum absolute atomic E-state index is 5.47. The summed E-state index contributed by atoms with van der Waals surface area (Å²) in [5.41, 5.74) is 2.13. The zero-order valence-corrected chi connectivity index (χ0v) is 15.2. The highest BCUT2D eigenvalue weighted by atomic mass is 79.9. The van der Waals surface area contributed by atoms with Crippen molar-refractivity contribution < 1.29 is 14.2 Å². The molecule has 0 bridgehead atoms. The van der Waals surface area contributed by atoms with Gasteiger partial charge in [-0.1, -0.05) is 44.0 Å². The molecule has 0 radical (unpaired) electrons. The molecule has 0 fully saturated rings. The van der Waals surface area contributed by atoms with E-state index in [-0.39, 0.29) is 4.83 Å². The predicted octanol–water partition coefficient (Wildman–Crippen LogP) is 4.96. The smallest absolute Gasteiger partial charge is 0.127 e. The van der Waals surface area contributed by atoms with E-state index in [0.29, 0.717) is 0 Å².